The van der Waals surface area contributed by atoms with E-state index in [2.05, 4.69) is 0 Å². The van der Waals surface area contributed by atoms with Crippen molar-refractivity contribution < 1.29 is 18.3 Å². The van der Waals surface area contributed by atoms with E-state index in [1.54, 1.807) is 4.31 Å². The SMILES string of the molecule is O=C(O)CCCCC1CCCN1S(=O)(=O)Cc1ccccc1. The van der Waals surface area contributed by atoms with Gasteiger partial charge in [-0.15, -0.1) is 0 Å². The van der Waals surface area contributed by atoms with Crippen LogP contribution in [0.2, 0.25) is 0 Å². The Morgan fingerprint density at radius 3 is 2.64 bits per heavy atom. The van der Waals surface area contributed by atoms with E-state index in [-0.39, 0.29) is 18.2 Å². The normalized spacial score (nSPS) is 19.4. The molecule has 0 amide bonds. The molecule has 0 radical (unpaired) electrons. The summed E-state index contributed by atoms with van der Waals surface area (Å²) in [6.45, 7) is 0.582. The van der Waals surface area contributed by atoms with Crippen LogP contribution < -0.4 is 0 Å². The lowest BCUT2D eigenvalue weighted by atomic mass is 10.1. The zero-order valence-electron chi connectivity index (χ0n) is 12.6. The largest absolute Gasteiger partial charge is 0.481 e. The van der Waals surface area contributed by atoms with Crippen molar-refractivity contribution in [3.8, 4) is 0 Å². The van der Waals surface area contributed by atoms with Crippen LogP contribution >= 0.6 is 0 Å². The minimum absolute atomic E-state index is 0.0301. The Balaban J connectivity index is 1.92. The van der Waals surface area contributed by atoms with Gasteiger partial charge in [0.1, 0.15) is 0 Å². The van der Waals surface area contributed by atoms with Crippen LogP contribution in [0.1, 0.15) is 44.1 Å². The molecule has 0 bridgehead atoms. The summed E-state index contributed by atoms with van der Waals surface area (Å²) in [7, 11) is -3.30. The van der Waals surface area contributed by atoms with E-state index in [9.17, 15) is 13.2 Å². The van der Waals surface area contributed by atoms with Crippen LogP contribution in [0.15, 0.2) is 30.3 Å². The summed E-state index contributed by atoms with van der Waals surface area (Å²) in [4.78, 5) is 10.5. The summed E-state index contributed by atoms with van der Waals surface area (Å²) in [5.41, 5.74) is 0.805. The molecule has 1 aromatic rings. The monoisotopic (exact) mass is 325 g/mol. The van der Waals surface area contributed by atoms with Gasteiger partial charge in [0.15, 0.2) is 0 Å². The first-order valence-electron chi connectivity index (χ1n) is 7.74. The molecule has 122 valence electrons. The van der Waals surface area contributed by atoms with E-state index in [1.165, 1.54) is 0 Å². The molecule has 1 unspecified atom stereocenters. The second-order valence-corrected chi connectivity index (χ2v) is 7.71. The number of nitrogens with zero attached hydrogens (tertiary/aromatic N) is 1. The van der Waals surface area contributed by atoms with Crippen molar-refractivity contribution in [2.24, 2.45) is 0 Å². The number of carbonyl (C=O) groups is 1. The predicted octanol–water partition coefficient (Wildman–Crippen LogP) is 2.63. The third-order valence-electron chi connectivity index (χ3n) is 4.05. The molecule has 1 atom stereocenters. The average Bonchev–Trinajstić information content (AvgIpc) is 2.93. The Kier molecular flexibility index (Phi) is 5.97. The van der Waals surface area contributed by atoms with Crippen molar-refractivity contribution in [2.75, 3.05) is 6.54 Å². The smallest absolute Gasteiger partial charge is 0.303 e. The van der Waals surface area contributed by atoms with Crippen LogP contribution in [0.5, 0.6) is 0 Å². The molecule has 1 N–H and O–H groups in total. The van der Waals surface area contributed by atoms with Gasteiger partial charge >= 0.3 is 5.97 Å². The number of unbranched alkanes of at least 4 members (excludes halogenated alkanes) is 1. The number of carboxylic acid groups (broad SMARTS) is 1. The maximum Gasteiger partial charge on any atom is 0.303 e. The van der Waals surface area contributed by atoms with Gasteiger partial charge in [-0.25, -0.2) is 8.42 Å². The Morgan fingerprint density at radius 2 is 1.95 bits per heavy atom. The second kappa shape index (κ2) is 7.74. The maximum atomic E-state index is 12.6. The number of carboxylic acids is 1. The number of aliphatic carboxylic acids is 1. The van der Waals surface area contributed by atoms with E-state index < -0.39 is 16.0 Å². The number of sulfonamides is 1. The van der Waals surface area contributed by atoms with Gasteiger partial charge in [-0.3, -0.25) is 4.79 Å². The minimum atomic E-state index is -3.30. The zero-order valence-corrected chi connectivity index (χ0v) is 13.5. The van der Waals surface area contributed by atoms with Crippen molar-refractivity contribution in [1.29, 1.82) is 0 Å². The van der Waals surface area contributed by atoms with Crippen LogP contribution in [0.4, 0.5) is 0 Å². The van der Waals surface area contributed by atoms with Crippen LogP contribution in [-0.2, 0) is 20.6 Å². The van der Waals surface area contributed by atoms with Crippen molar-refractivity contribution >= 4 is 16.0 Å². The first kappa shape index (κ1) is 17.0. The van der Waals surface area contributed by atoms with Crippen LogP contribution in [-0.4, -0.2) is 36.4 Å². The number of hydrogen-bond acceptors (Lipinski definition) is 3. The Bertz CT molecular complexity index is 585. The highest BCUT2D eigenvalue weighted by Gasteiger charge is 2.33. The lowest BCUT2D eigenvalue weighted by Gasteiger charge is -2.24. The fourth-order valence-corrected chi connectivity index (χ4v) is 4.84. The first-order chi connectivity index (χ1) is 10.5. The molecule has 1 aliphatic heterocycles. The summed E-state index contributed by atoms with van der Waals surface area (Å²) in [6, 6.07) is 9.25. The highest BCUT2D eigenvalue weighted by Crippen LogP contribution is 2.27. The summed E-state index contributed by atoms with van der Waals surface area (Å²) in [5, 5.41) is 8.64. The first-order valence-corrected chi connectivity index (χ1v) is 9.35. The molecule has 1 heterocycles. The van der Waals surface area contributed by atoms with E-state index in [1.807, 2.05) is 30.3 Å². The highest BCUT2D eigenvalue weighted by molar-refractivity contribution is 7.88. The number of rotatable bonds is 8. The van der Waals surface area contributed by atoms with Crippen molar-refractivity contribution in [3.63, 3.8) is 0 Å². The van der Waals surface area contributed by atoms with E-state index in [0.717, 1.165) is 31.2 Å². The van der Waals surface area contributed by atoms with Gasteiger partial charge in [0.25, 0.3) is 0 Å². The number of hydrogen-bond donors (Lipinski definition) is 1. The standard InChI is InChI=1S/C16H23NO4S/c18-16(19)11-5-4-9-15-10-6-12-17(15)22(20,21)13-14-7-2-1-3-8-14/h1-3,7-8,15H,4-6,9-13H2,(H,18,19). The molecule has 0 spiro atoms. The quantitative estimate of drug-likeness (QED) is 0.746. The molecule has 2 rings (SSSR count). The van der Waals surface area contributed by atoms with Gasteiger partial charge in [0.2, 0.25) is 10.0 Å². The van der Waals surface area contributed by atoms with Crippen LogP contribution in [0.25, 0.3) is 0 Å². The van der Waals surface area contributed by atoms with Gasteiger partial charge in [-0.05, 0) is 31.2 Å². The van der Waals surface area contributed by atoms with Gasteiger partial charge in [0.05, 0.1) is 5.75 Å². The van der Waals surface area contributed by atoms with Crippen molar-refractivity contribution in [1.82, 2.24) is 4.31 Å². The Labute approximate surface area is 132 Å². The molecular weight excluding hydrogens is 302 g/mol. The van der Waals surface area contributed by atoms with E-state index in [4.69, 9.17) is 5.11 Å². The third kappa shape index (κ3) is 4.81. The molecule has 0 saturated carbocycles. The van der Waals surface area contributed by atoms with E-state index >= 15 is 0 Å². The lowest BCUT2D eigenvalue weighted by Crippen LogP contribution is -2.36. The maximum absolute atomic E-state index is 12.6. The summed E-state index contributed by atoms with van der Waals surface area (Å²) < 4.78 is 26.8. The fourth-order valence-electron chi connectivity index (χ4n) is 2.99. The molecule has 1 aliphatic rings. The van der Waals surface area contributed by atoms with Crippen molar-refractivity contribution in [2.45, 2.75) is 50.3 Å². The van der Waals surface area contributed by atoms with Gasteiger partial charge < -0.3 is 5.11 Å². The molecule has 1 fully saturated rings. The minimum Gasteiger partial charge on any atom is -0.481 e. The summed E-state index contributed by atoms with van der Waals surface area (Å²) >= 11 is 0. The van der Waals surface area contributed by atoms with Crippen LogP contribution in [0.3, 0.4) is 0 Å². The predicted molar refractivity (Wildman–Crippen MR) is 84.9 cm³/mol. The molecule has 5 nitrogen and oxygen atoms in total. The second-order valence-electron chi connectivity index (χ2n) is 5.79. The zero-order chi connectivity index (χ0) is 16.0. The van der Waals surface area contributed by atoms with Crippen LogP contribution in [0, 0.1) is 0 Å². The van der Waals surface area contributed by atoms with Crippen molar-refractivity contribution in [3.05, 3.63) is 35.9 Å². The third-order valence-corrected chi connectivity index (χ3v) is 5.94. The van der Waals surface area contributed by atoms with E-state index in [0.29, 0.717) is 13.0 Å². The molecule has 6 heteroatoms. The molecule has 22 heavy (non-hydrogen) atoms. The molecular formula is C16H23NO4S. The highest BCUT2D eigenvalue weighted by atomic mass is 32.2. The molecule has 1 aromatic carbocycles. The Hall–Kier alpha value is -1.40. The lowest BCUT2D eigenvalue weighted by molar-refractivity contribution is -0.137. The van der Waals surface area contributed by atoms with Gasteiger partial charge in [-0.2, -0.15) is 4.31 Å². The molecule has 0 aromatic heterocycles. The Morgan fingerprint density at radius 1 is 1.23 bits per heavy atom. The van der Waals surface area contributed by atoms with Gasteiger partial charge in [0, 0.05) is 19.0 Å². The van der Waals surface area contributed by atoms with Gasteiger partial charge in [-0.1, -0.05) is 36.8 Å². The fraction of sp³-hybridized carbons (Fsp3) is 0.562. The molecule has 0 aliphatic carbocycles. The number of benzene rings is 1. The average molecular weight is 325 g/mol. The topological polar surface area (TPSA) is 74.7 Å². The summed E-state index contributed by atoms with van der Waals surface area (Å²) in [6.07, 6.45) is 4.04. The summed E-state index contributed by atoms with van der Waals surface area (Å²) in [5.74, 6) is -0.751. The molecule has 1 saturated heterocycles.